The largest absolute Gasteiger partial charge is 0.475 e. The summed E-state index contributed by atoms with van der Waals surface area (Å²) < 4.78 is 10.5. The number of rotatable bonds is 7. The van der Waals surface area contributed by atoms with E-state index in [-0.39, 0.29) is 17.9 Å². The van der Waals surface area contributed by atoms with Crippen LogP contribution in [0.25, 0.3) is 0 Å². The average Bonchev–Trinajstić information content (AvgIpc) is 2.84. The van der Waals surface area contributed by atoms with Crippen molar-refractivity contribution in [3.8, 4) is 0 Å². The van der Waals surface area contributed by atoms with Crippen LogP contribution >= 0.6 is 0 Å². The van der Waals surface area contributed by atoms with E-state index in [1.54, 1.807) is 11.0 Å². The lowest BCUT2D eigenvalue weighted by atomic mass is 10.2. The Morgan fingerprint density at radius 1 is 1.35 bits per heavy atom. The van der Waals surface area contributed by atoms with E-state index in [9.17, 15) is 9.59 Å². The van der Waals surface area contributed by atoms with Gasteiger partial charge in [-0.1, -0.05) is 0 Å². The van der Waals surface area contributed by atoms with Gasteiger partial charge in [-0.15, -0.1) is 0 Å². The fourth-order valence-electron chi connectivity index (χ4n) is 1.88. The van der Waals surface area contributed by atoms with Crippen LogP contribution in [0.5, 0.6) is 0 Å². The molecule has 1 aromatic rings. The number of aromatic carboxylic acids is 1. The van der Waals surface area contributed by atoms with Gasteiger partial charge in [-0.25, -0.2) is 9.59 Å². The van der Waals surface area contributed by atoms with Gasteiger partial charge in [0.15, 0.2) is 0 Å². The second kappa shape index (κ2) is 8.01. The van der Waals surface area contributed by atoms with E-state index in [2.05, 4.69) is 5.32 Å². The van der Waals surface area contributed by atoms with Crippen LogP contribution in [0.4, 0.5) is 4.79 Å². The molecule has 1 aromatic heterocycles. The zero-order valence-corrected chi connectivity index (χ0v) is 14.4. The van der Waals surface area contributed by atoms with E-state index < -0.39 is 11.6 Å². The number of carbonyl (C=O) groups excluding carboxylic acids is 1. The summed E-state index contributed by atoms with van der Waals surface area (Å²) in [5.74, 6) is -0.637. The number of hydrogen-bond donors (Lipinski definition) is 2. The van der Waals surface area contributed by atoms with E-state index >= 15 is 0 Å². The average molecular weight is 326 g/mol. The molecule has 130 valence electrons. The molecule has 0 aliphatic rings. The summed E-state index contributed by atoms with van der Waals surface area (Å²) in [6.07, 6.45) is -0.347. The molecule has 1 rings (SSSR count). The molecule has 23 heavy (non-hydrogen) atoms. The third-order valence-electron chi connectivity index (χ3n) is 2.95. The lowest BCUT2D eigenvalue weighted by molar-refractivity contribution is 0.0193. The number of ether oxygens (including phenoxy) is 1. The maximum atomic E-state index is 12.1. The van der Waals surface area contributed by atoms with Gasteiger partial charge < -0.3 is 24.5 Å². The number of carboxylic acids is 1. The summed E-state index contributed by atoms with van der Waals surface area (Å²) in [5.41, 5.74) is -0.529. The molecule has 7 heteroatoms. The molecule has 0 spiro atoms. The standard InChI is InChI=1S/C16H26N2O5/c1-11(2)18(15(21)23-16(3,4)5)9-8-17-10-12-6-7-13(22-12)14(19)20/h6-7,11,17H,8-10H2,1-5H3,(H,19,20). The number of nitrogens with one attached hydrogen (secondary N) is 1. The van der Waals surface area contributed by atoms with Crippen LogP contribution in [-0.2, 0) is 11.3 Å². The van der Waals surface area contributed by atoms with E-state index in [1.165, 1.54) is 6.07 Å². The van der Waals surface area contributed by atoms with Crippen molar-refractivity contribution in [2.45, 2.75) is 52.8 Å². The lowest BCUT2D eigenvalue weighted by Gasteiger charge is -2.30. The number of carbonyl (C=O) groups is 2. The molecule has 0 aliphatic heterocycles. The molecule has 1 heterocycles. The fourth-order valence-corrected chi connectivity index (χ4v) is 1.88. The van der Waals surface area contributed by atoms with Crippen molar-refractivity contribution < 1.29 is 23.8 Å². The fraction of sp³-hybridized carbons (Fsp3) is 0.625. The Morgan fingerprint density at radius 2 is 2.00 bits per heavy atom. The van der Waals surface area contributed by atoms with Crippen molar-refractivity contribution >= 4 is 12.1 Å². The van der Waals surface area contributed by atoms with Crippen LogP contribution in [0.1, 0.15) is 50.9 Å². The maximum Gasteiger partial charge on any atom is 0.410 e. The first-order valence-corrected chi connectivity index (χ1v) is 7.62. The quantitative estimate of drug-likeness (QED) is 0.749. The van der Waals surface area contributed by atoms with Crippen molar-refractivity contribution in [1.82, 2.24) is 10.2 Å². The Hall–Kier alpha value is -2.02. The highest BCUT2D eigenvalue weighted by Crippen LogP contribution is 2.12. The summed E-state index contributed by atoms with van der Waals surface area (Å²) in [4.78, 5) is 24.5. The minimum atomic E-state index is -1.09. The molecule has 0 radical (unpaired) electrons. The molecular formula is C16H26N2O5. The van der Waals surface area contributed by atoms with Crippen LogP contribution in [-0.4, -0.2) is 46.8 Å². The molecular weight excluding hydrogens is 300 g/mol. The Kier molecular flexibility index (Phi) is 6.62. The summed E-state index contributed by atoms with van der Waals surface area (Å²) >= 11 is 0. The predicted molar refractivity (Wildman–Crippen MR) is 85.5 cm³/mol. The number of hydrogen-bond acceptors (Lipinski definition) is 5. The zero-order chi connectivity index (χ0) is 17.6. The Bertz CT molecular complexity index is 531. The molecule has 0 atom stereocenters. The molecule has 7 nitrogen and oxygen atoms in total. The van der Waals surface area contributed by atoms with Crippen molar-refractivity contribution in [3.63, 3.8) is 0 Å². The van der Waals surface area contributed by atoms with Crippen LogP contribution in [0, 0.1) is 0 Å². The predicted octanol–water partition coefficient (Wildman–Crippen LogP) is 2.71. The maximum absolute atomic E-state index is 12.1. The van der Waals surface area contributed by atoms with Crippen LogP contribution in [0.3, 0.4) is 0 Å². The lowest BCUT2D eigenvalue weighted by Crippen LogP contribution is -2.44. The third-order valence-corrected chi connectivity index (χ3v) is 2.95. The third kappa shape index (κ3) is 6.73. The Labute approximate surface area is 136 Å². The second-order valence-electron chi connectivity index (χ2n) is 6.52. The van der Waals surface area contributed by atoms with Crippen molar-refractivity contribution in [2.75, 3.05) is 13.1 Å². The molecule has 0 saturated heterocycles. The van der Waals surface area contributed by atoms with E-state index in [0.29, 0.717) is 25.4 Å². The highest BCUT2D eigenvalue weighted by Gasteiger charge is 2.23. The smallest absolute Gasteiger partial charge is 0.410 e. The van der Waals surface area contributed by atoms with Crippen LogP contribution in [0.15, 0.2) is 16.5 Å². The van der Waals surface area contributed by atoms with E-state index in [1.807, 2.05) is 34.6 Å². The highest BCUT2D eigenvalue weighted by molar-refractivity contribution is 5.84. The van der Waals surface area contributed by atoms with Gasteiger partial charge in [0.2, 0.25) is 5.76 Å². The van der Waals surface area contributed by atoms with Crippen LogP contribution < -0.4 is 5.32 Å². The van der Waals surface area contributed by atoms with Gasteiger partial charge in [-0.2, -0.15) is 0 Å². The Balaban J connectivity index is 2.43. The SMILES string of the molecule is CC(C)N(CCNCc1ccc(C(=O)O)o1)C(=O)OC(C)(C)C. The molecule has 0 saturated carbocycles. The minimum absolute atomic E-state index is 0.0221. The van der Waals surface area contributed by atoms with Gasteiger partial charge in [-0.05, 0) is 46.8 Å². The zero-order valence-electron chi connectivity index (χ0n) is 14.4. The minimum Gasteiger partial charge on any atom is -0.475 e. The molecule has 2 N–H and O–H groups in total. The number of furan rings is 1. The van der Waals surface area contributed by atoms with Gasteiger partial charge in [-0.3, -0.25) is 0 Å². The van der Waals surface area contributed by atoms with Gasteiger partial charge in [0, 0.05) is 19.1 Å². The summed E-state index contributed by atoms with van der Waals surface area (Å²) in [6, 6.07) is 3.05. The van der Waals surface area contributed by atoms with Crippen LogP contribution in [0.2, 0.25) is 0 Å². The van der Waals surface area contributed by atoms with Crippen molar-refractivity contribution in [2.24, 2.45) is 0 Å². The molecule has 1 amide bonds. The number of nitrogens with zero attached hydrogens (tertiary/aromatic N) is 1. The van der Waals surface area contributed by atoms with Crippen molar-refractivity contribution in [1.29, 1.82) is 0 Å². The van der Waals surface area contributed by atoms with Crippen molar-refractivity contribution in [3.05, 3.63) is 23.7 Å². The molecule has 0 aromatic carbocycles. The Morgan fingerprint density at radius 3 is 2.48 bits per heavy atom. The highest BCUT2D eigenvalue weighted by atomic mass is 16.6. The normalized spacial score (nSPS) is 11.6. The summed E-state index contributed by atoms with van der Waals surface area (Å²) in [5, 5.41) is 11.9. The number of amides is 1. The molecule has 0 bridgehead atoms. The van der Waals surface area contributed by atoms with Gasteiger partial charge in [0.1, 0.15) is 11.4 Å². The summed E-state index contributed by atoms with van der Waals surface area (Å²) in [7, 11) is 0. The monoisotopic (exact) mass is 326 g/mol. The second-order valence-corrected chi connectivity index (χ2v) is 6.52. The molecule has 0 unspecified atom stereocenters. The van der Waals surface area contributed by atoms with Gasteiger partial charge >= 0.3 is 12.1 Å². The topological polar surface area (TPSA) is 92.0 Å². The first-order chi connectivity index (χ1) is 10.6. The van der Waals surface area contributed by atoms with E-state index in [0.717, 1.165) is 0 Å². The number of carboxylic acid groups (broad SMARTS) is 1. The van der Waals surface area contributed by atoms with E-state index in [4.69, 9.17) is 14.3 Å². The molecule has 0 aliphatic carbocycles. The van der Waals surface area contributed by atoms with Gasteiger partial charge in [0.25, 0.3) is 0 Å². The first kappa shape index (κ1) is 19.0. The first-order valence-electron chi connectivity index (χ1n) is 7.62. The summed E-state index contributed by atoms with van der Waals surface area (Å²) in [6.45, 7) is 10.8. The molecule has 0 fully saturated rings. The van der Waals surface area contributed by atoms with Gasteiger partial charge in [0.05, 0.1) is 6.54 Å².